The Labute approximate surface area is 158 Å². The SMILES string of the molecule is COc1ccc(C(=O)NC2CCc3onc(CN4CCOCC4)c3C2)cc1. The van der Waals surface area contributed by atoms with Crippen molar-refractivity contribution >= 4 is 5.91 Å². The summed E-state index contributed by atoms with van der Waals surface area (Å²) in [7, 11) is 1.61. The number of hydrogen-bond acceptors (Lipinski definition) is 6. The van der Waals surface area contributed by atoms with Gasteiger partial charge in [-0.2, -0.15) is 0 Å². The topological polar surface area (TPSA) is 76.8 Å². The number of nitrogens with zero attached hydrogens (tertiary/aromatic N) is 2. The van der Waals surface area contributed by atoms with Crippen LogP contribution < -0.4 is 10.1 Å². The molecule has 2 aliphatic rings. The standard InChI is InChI=1S/C20H25N3O4/c1-25-16-5-2-14(3-6-16)20(24)21-15-4-7-19-17(12-15)18(22-27-19)13-23-8-10-26-11-9-23/h2-3,5-6,15H,4,7-13H2,1H3,(H,21,24). The molecule has 144 valence electrons. The number of rotatable bonds is 5. The Morgan fingerprint density at radius 3 is 2.81 bits per heavy atom. The van der Waals surface area contributed by atoms with Crippen molar-refractivity contribution in [3.8, 4) is 5.75 Å². The number of aromatic nitrogens is 1. The number of carbonyl (C=O) groups is 1. The molecule has 1 saturated heterocycles. The van der Waals surface area contributed by atoms with Gasteiger partial charge < -0.3 is 19.3 Å². The number of morpholine rings is 1. The van der Waals surface area contributed by atoms with Crippen LogP contribution in [0.4, 0.5) is 0 Å². The average Bonchev–Trinajstić information content (AvgIpc) is 3.11. The summed E-state index contributed by atoms with van der Waals surface area (Å²) >= 11 is 0. The normalized spacial score (nSPS) is 20.1. The highest BCUT2D eigenvalue weighted by atomic mass is 16.5. The van der Waals surface area contributed by atoms with Crippen molar-refractivity contribution in [2.24, 2.45) is 0 Å². The summed E-state index contributed by atoms with van der Waals surface area (Å²) < 4.78 is 16.1. The Hall–Kier alpha value is -2.38. The Morgan fingerprint density at radius 2 is 2.07 bits per heavy atom. The fourth-order valence-corrected chi connectivity index (χ4v) is 3.69. The van der Waals surface area contributed by atoms with Gasteiger partial charge in [0.15, 0.2) is 0 Å². The van der Waals surface area contributed by atoms with Gasteiger partial charge in [0.25, 0.3) is 5.91 Å². The molecule has 1 aromatic heterocycles. The second-order valence-corrected chi connectivity index (χ2v) is 7.06. The fourth-order valence-electron chi connectivity index (χ4n) is 3.69. The number of nitrogens with one attached hydrogen (secondary N) is 1. The molecule has 0 saturated carbocycles. The highest BCUT2D eigenvalue weighted by Crippen LogP contribution is 2.26. The Balaban J connectivity index is 1.39. The Kier molecular flexibility index (Phi) is 5.40. The molecular formula is C20H25N3O4. The molecule has 4 rings (SSSR count). The molecule has 7 heteroatoms. The molecule has 1 amide bonds. The third kappa shape index (κ3) is 4.14. The van der Waals surface area contributed by atoms with E-state index in [2.05, 4.69) is 15.4 Å². The van der Waals surface area contributed by atoms with Gasteiger partial charge in [-0.15, -0.1) is 0 Å². The molecule has 1 unspecified atom stereocenters. The highest BCUT2D eigenvalue weighted by molar-refractivity contribution is 5.94. The van der Waals surface area contributed by atoms with Crippen LogP contribution in [0.1, 0.15) is 33.8 Å². The first kappa shape index (κ1) is 18.0. The molecule has 2 aromatic rings. The van der Waals surface area contributed by atoms with Crippen LogP contribution in [0.5, 0.6) is 5.75 Å². The van der Waals surface area contributed by atoms with Gasteiger partial charge in [-0.25, -0.2) is 0 Å². The predicted molar refractivity (Wildman–Crippen MR) is 98.9 cm³/mol. The van der Waals surface area contributed by atoms with Crippen LogP contribution in [0.2, 0.25) is 0 Å². The molecule has 0 spiro atoms. The second kappa shape index (κ2) is 8.10. The maximum Gasteiger partial charge on any atom is 0.251 e. The fraction of sp³-hybridized carbons (Fsp3) is 0.500. The first-order valence-corrected chi connectivity index (χ1v) is 9.44. The van der Waals surface area contributed by atoms with E-state index in [9.17, 15) is 4.79 Å². The van der Waals surface area contributed by atoms with Crippen molar-refractivity contribution < 1.29 is 18.8 Å². The molecule has 7 nitrogen and oxygen atoms in total. The summed E-state index contributed by atoms with van der Waals surface area (Å²) in [4.78, 5) is 14.9. The summed E-state index contributed by atoms with van der Waals surface area (Å²) in [5, 5.41) is 7.45. The molecule has 1 aromatic carbocycles. The van der Waals surface area contributed by atoms with Gasteiger partial charge in [-0.1, -0.05) is 5.16 Å². The zero-order valence-electron chi connectivity index (χ0n) is 15.6. The maximum atomic E-state index is 12.6. The maximum absolute atomic E-state index is 12.6. The van der Waals surface area contributed by atoms with E-state index in [1.807, 2.05) is 0 Å². The molecule has 0 radical (unpaired) electrons. The molecule has 0 bridgehead atoms. The van der Waals surface area contributed by atoms with Gasteiger partial charge in [-0.3, -0.25) is 9.69 Å². The number of carbonyl (C=O) groups excluding carboxylic acids is 1. The van der Waals surface area contributed by atoms with Crippen LogP contribution >= 0.6 is 0 Å². The van der Waals surface area contributed by atoms with Crippen molar-refractivity contribution in [2.75, 3.05) is 33.4 Å². The summed E-state index contributed by atoms with van der Waals surface area (Å²) in [6.45, 7) is 4.14. The molecule has 1 aliphatic heterocycles. The number of hydrogen-bond donors (Lipinski definition) is 1. The third-order valence-corrected chi connectivity index (χ3v) is 5.29. The number of benzene rings is 1. The Morgan fingerprint density at radius 1 is 1.30 bits per heavy atom. The summed E-state index contributed by atoms with van der Waals surface area (Å²) in [5.74, 6) is 1.65. The van der Waals surface area contributed by atoms with Crippen molar-refractivity contribution in [3.63, 3.8) is 0 Å². The first-order valence-electron chi connectivity index (χ1n) is 9.44. The van der Waals surface area contributed by atoms with E-state index >= 15 is 0 Å². The molecule has 2 heterocycles. The van der Waals surface area contributed by atoms with E-state index in [-0.39, 0.29) is 11.9 Å². The zero-order chi connectivity index (χ0) is 18.6. The van der Waals surface area contributed by atoms with Crippen molar-refractivity contribution in [1.82, 2.24) is 15.4 Å². The molecule has 1 atom stereocenters. The van der Waals surface area contributed by atoms with E-state index < -0.39 is 0 Å². The summed E-state index contributed by atoms with van der Waals surface area (Å²) in [6, 6.07) is 7.26. The Bertz CT molecular complexity index is 781. The van der Waals surface area contributed by atoms with Crippen LogP contribution in [0.25, 0.3) is 0 Å². The van der Waals surface area contributed by atoms with Crippen molar-refractivity contribution in [2.45, 2.75) is 31.8 Å². The lowest BCUT2D eigenvalue weighted by Gasteiger charge is -2.27. The van der Waals surface area contributed by atoms with Crippen LogP contribution in [0.3, 0.4) is 0 Å². The van der Waals surface area contributed by atoms with E-state index in [4.69, 9.17) is 14.0 Å². The lowest BCUT2D eigenvalue weighted by Crippen LogP contribution is -2.39. The molecular weight excluding hydrogens is 346 g/mol. The monoisotopic (exact) mass is 371 g/mol. The summed E-state index contributed by atoms with van der Waals surface area (Å²) in [5.41, 5.74) is 2.79. The molecule has 1 aliphatic carbocycles. The van der Waals surface area contributed by atoms with E-state index in [1.165, 1.54) is 0 Å². The summed E-state index contributed by atoms with van der Waals surface area (Å²) in [6.07, 6.45) is 2.43. The van der Waals surface area contributed by atoms with Crippen LogP contribution in [-0.2, 0) is 24.1 Å². The lowest BCUT2D eigenvalue weighted by atomic mass is 9.91. The quantitative estimate of drug-likeness (QED) is 0.864. The highest BCUT2D eigenvalue weighted by Gasteiger charge is 2.28. The minimum Gasteiger partial charge on any atom is -0.497 e. The number of fused-ring (bicyclic) bond motifs is 1. The molecule has 27 heavy (non-hydrogen) atoms. The van der Waals surface area contributed by atoms with Crippen LogP contribution in [0.15, 0.2) is 28.8 Å². The van der Waals surface area contributed by atoms with Crippen molar-refractivity contribution in [3.05, 3.63) is 46.8 Å². The van der Waals surface area contributed by atoms with Crippen LogP contribution in [-0.4, -0.2) is 55.4 Å². The third-order valence-electron chi connectivity index (χ3n) is 5.29. The predicted octanol–water partition coefficient (Wildman–Crippen LogP) is 1.80. The lowest BCUT2D eigenvalue weighted by molar-refractivity contribution is 0.0331. The number of methoxy groups -OCH3 is 1. The number of ether oxygens (including phenoxy) is 2. The largest absolute Gasteiger partial charge is 0.497 e. The number of amides is 1. The van der Waals surface area contributed by atoms with Gasteiger partial charge >= 0.3 is 0 Å². The minimum absolute atomic E-state index is 0.0581. The first-order chi connectivity index (χ1) is 13.2. The van der Waals surface area contributed by atoms with Gasteiger partial charge in [0.2, 0.25) is 0 Å². The van der Waals surface area contributed by atoms with Crippen LogP contribution in [0, 0.1) is 0 Å². The minimum atomic E-state index is -0.0581. The van der Waals surface area contributed by atoms with Gasteiger partial charge in [0, 0.05) is 43.2 Å². The van der Waals surface area contributed by atoms with Gasteiger partial charge in [-0.05, 0) is 37.1 Å². The molecule has 1 fully saturated rings. The second-order valence-electron chi connectivity index (χ2n) is 7.06. The van der Waals surface area contributed by atoms with E-state index in [1.54, 1.807) is 31.4 Å². The van der Waals surface area contributed by atoms with E-state index in [0.717, 1.165) is 74.9 Å². The van der Waals surface area contributed by atoms with Crippen molar-refractivity contribution in [1.29, 1.82) is 0 Å². The van der Waals surface area contributed by atoms with Gasteiger partial charge in [0.1, 0.15) is 17.2 Å². The number of aryl methyl sites for hydroxylation is 1. The van der Waals surface area contributed by atoms with Gasteiger partial charge in [0.05, 0.1) is 20.3 Å². The smallest absolute Gasteiger partial charge is 0.251 e. The zero-order valence-corrected chi connectivity index (χ0v) is 15.6. The molecule has 1 N–H and O–H groups in total. The van der Waals surface area contributed by atoms with E-state index in [0.29, 0.717) is 5.56 Å². The average molecular weight is 371 g/mol.